The van der Waals surface area contributed by atoms with Crippen molar-refractivity contribution in [1.82, 2.24) is 15.0 Å². The zero-order valence-corrected chi connectivity index (χ0v) is 21.6. The van der Waals surface area contributed by atoms with E-state index in [1.807, 2.05) is 6.07 Å². The van der Waals surface area contributed by atoms with Crippen molar-refractivity contribution in [3.05, 3.63) is 90.3 Å². The summed E-state index contributed by atoms with van der Waals surface area (Å²) in [7, 11) is 0. The molecule has 35 heavy (non-hydrogen) atoms. The van der Waals surface area contributed by atoms with Gasteiger partial charge in [-0.1, -0.05) is 83.0 Å². The molecule has 4 rings (SSSR count). The van der Waals surface area contributed by atoms with E-state index in [4.69, 9.17) is 15.0 Å². The molecule has 0 aliphatic carbocycles. The van der Waals surface area contributed by atoms with E-state index in [0.29, 0.717) is 5.41 Å². The highest BCUT2D eigenvalue weighted by molar-refractivity contribution is 5.74. The lowest BCUT2D eigenvalue weighted by molar-refractivity contribution is 0.321. The zero-order chi connectivity index (χ0) is 24.7. The number of aromatic nitrogens is 3. The van der Waals surface area contributed by atoms with E-state index in [1.54, 1.807) is 0 Å². The van der Waals surface area contributed by atoms with E-state index in [-0.39, 0.29) is 0 Å². The summed E-state index contributed by atoms with van der Waals surface area (Å²) in [5, 5.41) is 0. The van der Waals surface area contributed by atoms with Crippen molar-refractivity contribution in [2.45, 2.75) is 66.2 Å². The minimum absolute atomic E-state index is 0.324. The first-order valence-corrected chi connectivity index (χ1v) is 13.0. The van der Waals surface area contributed by atoms with Gasteiger partial charge in [-0.05, 0) is 78.6 Å². The van der Waals surface area contributed by atoms with Crippen molar-refractivity contribution in [3.8, 4) is 33.9 Å². The smallest absolute Gasteiger partial charge is 0.0900 e. The van der Waals surface area contributed by atoms with Crippen molar-refractivity contribution >= 4 is 0 Å². The predicted molar refractivity (Wildman–Crippen MR) is 147 cm³/mol. The second-order valence-corrected chi connectivity index (χ2v) is 10.1. The molecule has 0 atom stereocenters. The summed E-state index contributed by atoms with van der Waals surface area (Å²) in [5.41, 5.74) is 8.47. The van der Waals surface area contributed by atoms with Crippen molar-refractivity contribution in [1.29, 1.82) is 0 Å². The van der Waals surface area contributed by atoms with Gasteiger partial charge in [-0.15, -0.1) is 0 Å². The summed E-state index contributed by atoms with van der Waals surface area (Å²) in [6.07, 6.45) is 6.56. The van der Waals surface area contributed by atoms with Gasteiger partial charge < -0.3 is 0 Å². The summed E-state index contributed by atoms with van der Waals surface area (Å²) in [6.45, 7) is 9.13. The number of hydrogen-bond acceptors (Lipinski definition) is 3. The van der Waals surface area contributed by atoms with Crippen LogP contribution < -0.4 is 0 Å². The third-order valence-electron chi connectivity index (χ3n) is 6.87. The Hall–Kier alpha value is -3.33. The lowest BCUT2D eigenvalue weighted by atomic mass is 9.84. The first-order chi connectivity index (χ1) is 17.0. The van der Waals surface area contributed by atoms with E-state index in [1.165, 1.54) is 12.0 Å². The summed E-state index contributed by atoms with van der Waals surface area (Å²) in [4.78, 5) is 15.0. The molecule has 3 aromatic heterocycles. The van der Waals surface area contributed by atoms with Gasteiger partial charge in [0.05, 0.1) is 22.8 Å². The van der Waals surface area contributed by atoms with Crippen molar-refractivity contribution in [2.75, 3.05) is 0 Å². The predicted octanol–water partition coefficient (Wildman–Crippen LogP) is 8.58. The molecule has 3 heteroatoms. The lowest BCUT2D eigenvalue weighted by Crippen LogP contribution is -2.11. The SMILES string of the molecule is CCCCc1cccc(-c2cc(-c3ccccc3)cc(-c3cccc(CCC(C)(C)CC)n3)n2)n1. The molecule has 180 valence electrons. The maximum Gasteiger partial charge on any atom is 0.0900 e. The van der Waals surface area contributed by atoms with Gasteiger partial charge in [0, 0.05) is 11.4 Å². The maximum atomic E-state index is 5.06. The Balaban J connectivity index is 1.75. The zero-order valence-electron chi connectivity index (χ0n) is 21.6. The molecule has 0 N–H and O–H groups in total. The van der Waals surface area contributed by atoms with Gasteiger partial charge in [-0.25, -0.2) is 4.98 Å². The molecule has 4 aromatic rings. The van der Waals surface area contributed by atoms with Crippen LogP contribution in [0.2, 0.25) is 0 Å². The van der Waals surface area contributed by atoms with E-state index in [9.17, 15) is 0 Å². The minimum atomic E-state index is 0.324. The van der Waals surface area contributed by atoms with Crippen LogP contribution in [0, 0.1) is 5.41 Å². The lowest BCUT2D eigenvalue weighted by Gasteiger charge is -2.22. The average Bonchev–Trinajstić information content (AvgIpc) is 2.91. The number of rotatable bonds is 10. The van der Waals surface area contributed by atoms with Crippen LogP contribution in [0.3, 0.4) is 0 Å². The van der Waals surface area contributed by atoms with E-state index >= 15 is 0 Å². The quantitative estimate of drug-likeness (QED) is 0.236. The number of aryl methyl sites for hydroxylation is 2. The Kier molecular flexibility index (Phi) is 8.07. The van der Waals surface area contributed by atoms with Gasteiger partial charge in [-0.3, -0.25) is 9.97 Å². The van der Waals surface area contributed by atoms with Gasteiger partial charge in [-0.2, -0.15) is 0 Å². The molecule has 0 radical (unpaired) electrons. The second kappa shape index (κ2) is 11.4. The topological polar surface area (TPSA) is 38.7 Å². The fourth-order valence-corrected chi connectivity index (χ4v) is 4.11. The number of nitrogens with zero attached hydrogens (tertiary/aromatic N) is 3. The first-order valence-electron chi connectivity index (χ1n) is 13.0. The molecule has 0 saturated carbocycles. The molecular weight excluding hydrogens is 426 g/mol. The highest BCUT2D eigenvalue weighted by Crippen LogP contribution is 2.30. The molecule has 0 bridgehead atoms. The van der Waals surface area contributed by atoms with E-state index in [2.05, 4.69) is 100 Å². The van der Waals surface area contributed by atoms with Crippen LogP contribution in [0.25, 0.3) is 33.9 Å². The molecule has 1 aromatic carbocycles. The minimum Gasteiger partial charge on any atom is -0.251 e. The van der Waals surface area contributed by atoms with E-state index < -0.39 is 0 Å². The van der Waals surface area contributed by atoms with Crippen LogP contribution in [0.1, 0.15) is 64.8 Å². The van der Waals surface area contributed by atoms with E-state index in [0.717, 1.165) is 71.8 Å². The fraction of sp³-hybridized carbons (Fsp3) is 0.344. The molecule has 3 heterocycles. The van der Waals surface area contributed by atoms with Gasteiger partial charge in [0.2, 0.25) is 0 Å². The third kappa shape index (κ3) is 6.63. The number of unbranched alkanes of at least 4 members (excludes halogenated alkanes) is 1. The summed E-state index contributed by atoms with van der Waals surface area (Å²) >= 11 is 0. The molecule has 0 aliphatic heterocycles. The average molecular weight is 464 g/mol. The summed E-state index contributed by atoms with van der Waals surface area (Å²) in [5.74, 6) is 0. The van der Waals surface area contributed by atoms with Crippen LogP contribution in [-0.2, 0) is 12.8 Å². The number of hydrogen-bond donors (Lipinski definition) is 0. The highest BCUT2D eigenvalue weighted by atomic mass is 14.8. The molecular formula is C32H37N3. The molecule has 0 saturated heterocycles. The van der Waals surface area contributed by atoms with Crippen molar-refractivity contribution in [2.24, 2.45) is 5.41 Å². The Labute approximate surface area is 210 Å². The third-order valence-corrected chi connectivity index (χ3v) is 6.87. The first kappa shape index (κ1) is 24.8. The monoisotopic (exact) mass is 463 g/mol. The standard InChI is InChI=1S/C32H37N3/c1-5-7-15-26-16-11-18-28(33-26)30-22-25(24-13-9-8-10-14-24)23-31(35-30)29-19-12-17-27(34-29)20-21-32(3,4)6-2/h8-14,16-19,22-23H,5-7,15,20-21H2,1-4H3. The van der Waals surface area contributed by atoms with Crippen LogP contribution >= 0.6 is 0 Å². The Bertz CT molecular complexity index is 1240. The van der Waals surface area contributed by atoms with Gasteiger partial charge in [0.25, 0.3) is 0 Å². The summed E-state index contributed by atoms with van der Waals surface area (Å²) < 4.78 is 0. The molecule has 0 amide bonds. The van der Waals surface area contributed by atoms with Crippen LogP contribution in [0.15, 0.2) is 78.9 Å². The Morgan fingerprint density at radius 3 is 1.77 bits per heavy atom. The molecule has 3 nitrogen and oxygen atoms in total. The van der Waals surface area contributed by atoms with Crippen molar-refractivity contribution < 1.29 is 0 Å². The van der Waals surface area contributed by atoms with Gasteiger partial charge >= 0.3 is 0 Å². The normalized spacial score (nSPS) is 11.5. The second-order valence-electron chi connectivity index (χ2n) is 10.1. The number of pyridine rings is 3. The number of benzene rings is 1. The highest BCUT2D eigenvalue weighted by Gasteiger charge is 2.16. The largest absolute Gasteiger partial charge is 0.251 e. The Morgan fingerprint density at radius 1 is 0.600 bits per heavy atom. The van der Waals surface area contributed by atoms with Gasteiger partial charge in [0.1, 0.15) is 0 Å². The maximum absolute atomic E-state index is 5.06. The van der Waals surface area contributed by atoms with Crippen LogP contribution in [0.5, 0.6) is 0 Å². The molecule has 0 spiro atoms. The fourth-order valence-electron chi connectivity index (χ4n) is 4.11. The van der Waals surface area contributed by atoms with Crippen LogP contribution in [-0.4, -0.2) is 15.0 Å². The Morgan fingerprint density at radius 2 is 1.20 bits per heavy atom. The summed E-state index contributed by atoms with van der Waals surface area (Å²) in [6, 6.07) is 27.4. The van der Waals surface area contributed by atoms with Gasteiger partial charge in [0.15, 0.2) is 0 Å². The molecule has 0 fully saturated rings. The molecule has 0 unspecified atom stereocenters. The molecule has 0 aliphatic rings. The van der Waals surface area contributed by atoms with Crippen LogP contribution in [0.4, 0.5) is 0 Å². The van der Waals surface area contributed by atoms with Crippen molar-refractivity contribution in [3.63, 3.8) is 0 Å².